The van der Waals surface area contributed by atoms with Crippen LogP contribution in [0.1, 0.15) is 46.0 Å². The van der Waals surface area contributed by atoms with Crippen LogP contribution in [-0.2, 0) is 14.8 Å². The van der Waals surface area contributed by atoms with E-state index in [9.17, 15) is 13.2 Å². The van der Waals surface area contributed by atoms with Gasteiger partial charge in [0, 0.05) is 38.8 Å². The number of carbonyl (C=O) groups is 1. The Balaban J connectivity index is 1.62. The highest BCUT2D eigenvalue weighted by molar-refractivity contribution is 7.89. The number of benzene rings is 1. The smallest absolute Gasteiger partial charge is 0.244 e. The monoisotopic (exact) mass is 441 g/mol. The van der Waals surface area contributed by atoms with Gasteiger partial charge in [-0.2, -0.15) is 4.31 Å². The minimum Gasteiger partial charge on any atom is -0.339 e. The fraction of sp³-hybridized carbons (Fsp3) is 0.667. The molecule has 0 N–H and O–H groups in total. The quantitative estimate of drug-likeness (QED) is 0.680. The number of hydrogen-bond donors (Lipinski definition) is 0. The van der Waals surface area contributed by atoms with Crippen LogP contribution >= 0.6 is 11.6 Å². The summed E-state index contributed by atoms with van der Waals surface area (Å²) in [5.41, 5.74) is 0. The maximum Gasteiger partial charge on any atom is 0.244 e. The van der Waals surface area contributed by atoms with E-state index in [0.717, 1.165) is 19.4 Å². The molecule has 0 bridgehead atoms. The van der Waals surface area contributed by atoms with E-state index in [-0.39, 0.29) is 21.9 Å². The Bertz CT molecular complexity index is 803. The zero-order valence-corrected chi connectivity index (χ0v) is 19.0. The molecule has 8 heteroatoms. The second kappa shape index (κ2) is 9.77. The first-order chi connectivity index (χ1) is 13.9. The zero-order chi connectivity index (χ0) is 21.0. The molecule has 1 aromatic rings. The van der Waals surface area contributed by atoms with Crippen LogP contribution in [0.5, 0.6) is 0 Å². The molecule has 1 amide bonds. The predicted molar refractivity (Wildman–Crippen MR) is 116 cm³/mol. The summed E-state index contributed by atoms with van der Waals surface area (Å²) in [7, 11) is -3.62. The minimum atomic E-state index is -3.62. The molecule has 2 aliphatic rings. The normalized spacial score (nSPS) is 21.1. The summed E-state index contributed by atoms with van der Waals surface area (Å²) in [6, 6.07) is 6.65. The lowest BCUT2D eigenvalue weighted by atomic mass is 9.93. The summed E-state index contributed by atoms with van der Waals surface area (Å²) in [5, 5.41) is 0.240. The molecule has 3 rings (SSSR count). The molecule has 1 saturated carbocycles. The third-order valence-corrected chi connectivity index (χ3v) is 8.67. The molecule has 162 valence electrons. The van der Waals surface area contributed by atoms with Crippen LogP contribution in [0.2, 0.25) is 5.02 Å². The first-order valence-electron chi connectivity index (χ1n) is 10.7. The van der Waals surface area contributed by atoms with E-state index in [2.05, 4.69) is 4.90 Å². The number of rotatable bonds is 6. The summed E-state index contributed by atoms with van der Waals surface area (Å²) >= 11 is 6.11. The Morgan fingerprint density at radius 2 is 1.76 bits per heavy atom. The minimum absolute atomic E-state index is 0.147. The van der Waals surface area contributed by atoms with Crippen LogP contribution in [-0.4, -0.2) is 73.2 Å². The van der Waals surface area contributed by atoms with E-state index in [1.165, 1.54) is 23.6 Å². The largest absolute Gasteiger partial charge is 0.339 e. The van der Waals surface area contributed by atoms with Crippen molar-refractivity contribution in [1.82, 2.24) is 14.1 Å². The van der Waals surface area contributed by atoms with Gasteiger partial charge in [-0.1, -0.05) is 43.0 Å². The van der Waals surface area contributed by atoms with E-state index in [1.54, 1.807) is 24.3 Å². The van der Waals surface area contributed by atoms with Crippen molar-refractivity contribution in [2.45, 2.75) is 62.9 Å². The maximum absolute atomic E-state index is 13.2. The van der Waals surface area contributed by atoms with E-state index < -0.39 is 10.0 Å². The topological polar surface area (TPSA) is 60.9 Å². The second-order valence-electron chi connectivity index (χ2n) is 7.96. The predicted octanol–water partition coefficient (Wildman–Crippen LogP) is 3.22. The van der Waals surface area contributed by atoms with Crippen molar-refractivity contribution in [2.75, 3.05) is 32.7 Å². The van der Waals surface area contributed by atoms with Crippen LogP contribution in [0, 0.1) is 0 Å². The van der Waals surface area contributed by atoms with Gasteiger partial charge in [0.05, 0.1) is 11.1 Å². The number of piperazine rings is 1. The van der Waals surface area contributed by atoms with Crippen molar-refractivity contribution in [2.24, 2.45) is 0 Å². The van der Waals surface area contributed by atoms with E-state index in [0.29, 0.717) is 32.2 Å². The van der Waals surface area contributed by atoms with Crippen molar-refractivity contribution in [3.05, 3.63) is 29.3 Å². The SMILES string of the molecule is CCN(C(=O)C(C)N1CCN(S(=O)(=O)c2ccccc2Cl)CC1)C1CCCCC1. The van der Waals surface area contributed by atoms with E-state index in [4.69, 9.17) is 11.6 Å². The van der Waals surface area contributed by atoms with Gasteiger partial charge < -0.3 is 4.90 Å². The summed E-state index contributed by atoms with van der Waals surface area (Å²) in [5.74, 6) is 0.168. The first-order valence-corrected chi connectivity index (χ1v) is 12.5. The fourth-order valence-electron chi connectivity index (χ4n) is 4.51. The highest BCUT2D eigenvalue weighted by atomic mass is 35.5. The van der Waals surface area contributed by atoms with Crippen LogP contribution in [0.15, 0.2) is 29.2 Å². The highest BCUT2D eigenvalue weighted by Crippen LogP contribution is 2.26. The fourth-order valence-corrected chi connectivity index (χ4v) is 6.42. The number of nitrogens with zero attached hydrogens (tertiary/aromatic N) is 3. The average molecular weight is 442 g/mol. The highest BCUT2D eigenvalue weighted by Gasteiger charge is 2.35. The molecule has 1 aliphatic carbocycles. The van der Waals surface area contributed by atoms with Crippen molar-refractivity contribution in [3.63, 3.8) is 0 Å². The molecule has 6 nitrogen and oxygen atoms in total. The number of amides is 1. The molecule has 29 heavy (non-hydrogen) atoms. The Labute approximate surface area is 179 Å². The maximum atomic E-state index is 13.2. The third kappa shape index (κ3) is 4.95. The molecule has 1 aromatic carbocycles. The first kappa shape index (κ1) is 22.5. The summed E-state index contributed by atoms with van der Waals surface area (Å²) in [6.45, 7) is 6.53. The Kier molecular flexibility index (Phi) is 7.59. The number of hydrogen-bond acceptors (Lipinski definition) is 4. The van der Waals surface area contributed by atoms with Gasteiger partial charge in [-0.05, 0) is 38.8 Å². The molecule has 1 saturated heterocycles. The van der Waals surface area contributed by atoms with Gasteiger partial charge in [-0.3, -0.25) is 9.69 Å². The van der Waals surface area contributed by atoms with Crippen molar-refractivity contribution >= 4 is 27.5 Å². The van der Waals surface area contributed by atoms with Gasteiger partial charge in [0.25, 0.3) is 0 Å². The molecule has 1 unspecified atom stereocenters. The standard InChI is InChI=1S/C21H32ClN3O3S/c1-3-25(18-9-5-4-6-10-18)21(26)17(2)23-13-15-24(16-14-23)29(27,28)20-12-8-7-11-19(20)22/h7-8,11-12,17-18H,3-6,9-10,13-16H2,1-2H3. The van der Waals surface area contributed by atoms with E-state index >= 15 is 0 Å². The molecular formula is C21H32ClN3O3S. The van der Waals surface area contributed by atoms with Crippen LogP contribution in [0.3, 0.4) is 0 Å². The van der Waals surface area contributed by atoms with Gasteiger partial charge in [0.15, 0.2) is 0 Å². The molecule has 2 fully saturated rings. The number of carbonyl (C=O) groups excluding carboxylic acids is 1. The second-order valence-corrected chi connectivity index (χ2v) is 10.3. The number of halogens is 1. The van der Waals surface area contributed by atoms with Crippen molar-refractivity contribution in [3.8, 4) is 0 Å². The van der Waals surface area contributed by atoms with Gasteiger partial charge >= 0.3 is 0 Å². The van der Waals surface area contributed by atoms with Crippen molar-refractivity contribution < 1.29 is 13.2 Å². The molecule has 1 atom stereocenters. The lowest BCUT2D eigenvalue weighted by Gasteiger charge is -2.40. The molecule has 1 heterocycles. The number of likely N-dealkylation sites (N-methyl/N-ethyl adjacent to an activating group) is 1. The summed E-state index contributed by atoms with van der Waals surface area (Å²) in [6.07, 6.45) is 5.84. The number of sulfonamides is 1. The van der Waals surface area contributed by atoms with Crippen LogP contribution in [0.4, 0.5) is 0 Å². The van der Waals surface area contributed by atoms with Gasteiger partial charge in [0.1, 0.15) is 4.90 Å². The van der Waals surface area contributed by atoms with Gasteiger partial charge in [-0.25, -0.2) is 8.42 Å². The molecule has 0 aromatic heterocycles. The van der Waals surface area contributed by atoms with Crippen LogP contribution in [0.25, 0.3) is 0 Å². The van der Waals surface area contributed by atoms with E-state index in [1.807, 2.05) is 18.7 Å². The molecule has 0 spiro atoms. The van der Waals surface area contributed by atoms with Gasteiger partial charge in [-0.15, -0.1) is 0 Å². The van der Waals surface area contributed by atoms with Gasteiger partial charge in [0.2, 0.25) is 15.9 Å². The molecular weight excluding hydrogens is 410 g/mol. The third-order valence-electron chi connectivity index (χ3n) is 6.27. The molecule has 1 aliphatic heterocycles. The van der Waals surface area contributed by atoms with Crippen LogP contribution < -0.4 is 0 Å². The summed E-state index contributed by atoms with van der Waals surface area (Å²) < 4.78 is 27.3. The Morgan fingerprint density at radius 3 is 2.34 bits per heavy atom. The summed E-state index contributed by atoms with van der Waals surface area (Å²) in [4.78, 5) is 17.4. The lowest BCUT2D eigenvalue weighted by Crippen LogP contribution is -2.56. The van der Waals surface area contributed by atoms with Crippen molar-refractivity contribution in [1.29, 1.82) is 0 Å². The lowest BCUT2D eigenvalue weighted by molar-refractivity contribution is -0.139. The molecule has 0 radical (unpaired) electrons. The Hall–Kier alpha value is -1.15. The average Bonchev–Trinajstić information content (AvgIpc) is 2.74. The Morgan fingerprint density at radius 1 is 1.14 bits per heavy atom. The zero-order valence-electron chi connectivity index (χ0n) is 17.4.